The maximum Gasteiger partial charge on any atom is 0.408 e. The van der Waals surface area contributed by atoms with Gasteiger partial charge in [-0.2, -0.15) is 0 Å². The van der Waals surface area contributed by atoms with E-state index < -0.39 is 248 Å². The monoisotopic (exact) mass is 1220 g/mol. The standard InChI is InChI=1S/C47H81N3O33/c1-47(2,3)82-46(69)49-14(6-4-5-7-48)39(68)50-83-38-31(67)45-75-20(13-56)37(38)81-44-30(66)25(61)35(18(11-54)74-44)79-42-28(64)23(59)33(16(9-52)72-42)77-40-26(62)21(57)32(15(8-51)70-40)76-41-27(63)22(58)34(17(10-53)71-41)78-43-29(65)24(60)36(80-45)19(12-55)73-43/h14-38,40-45,51-67H,4-13,48H2,1-3H3,(H,49,69)(H,50,68)/t14?,15-,16-,17-,18-,19-,20-,21-,22-,23-,24-,25-,26-,27-,28-,29-,30-,31-,32-,33-,34-,35-,36-,37+,38-,40-,41-,42-,43-,44-,45-/m1/s1. The summed E-state index contributed by atoms with van der Waals surface area (Å²) in [6.45, 7) is -1.48. The van der Waals surface area contributed by atoms with E-state index >= 15 is 0 Å². The summed E-state index contributed by atoms with van der Waals surface area (Å²) >= 11 is 0. The molecule has 22 saturated heterocycles. The lowest BCUT2D eigenvalue weighted by Crippen LogP contribution is -2.69. The maximum absolute atomic E-state index is 13.9. The molecule has 0 radical (unpaired) electrons. The van der Waals surface area contributed by atoms with Gasteiger partial charge in [0, 0.05) is 0 Å². The van der Waals surface area contributed by atoms with Gasteiger partial charge in [-0.05, 0) is 46.6 Å². The second kappa shape index (κ2) is 29.7. The highest BCUT2D eigenvalue weighted by Gasteiger charge is 2.59. The Bertz CT molecular complexity index is 2010. The van der Waals surface area contributed by atoms with E-state index in [1.807, 2.05) is 0 Å². The Hall–Kier alpha value is -2.50. The van der Waals surface area contributed by atoms with Gasteiger partial charge in [0.2, 0.25) is 0 Å². The Balaban J connectivity index is 1.23. The van der Waals surface area contributed by atoms with Gasteiger partial charge in [0.25, 0.3) is 5.91 Å². The number of carbonyl (C=O) groups excluding carboxylic acids is 2. The molecule has 0 spiro atoms. The number of nitrogens with one attached hydrogen (secondary N) is 2. The van der Waals surface area contributed by atoms with Crippen molar-refractivity contribution in [1.29, 1.82) is 0 Å². The first-order chi connectivity index (χ1) is 39.3. The molecule has 2 amide bonds. The number of hydrogen-bond donors (Lipinski definition) is 20. The van der Waals surface area contributed by atoms with Gasteiger partial charge in [-0.1, -0.05) is 0 Å². The lowest BCUT2D eigenvalue weighted by atomic mass is 9.94. The van der Waals surface area contributed by atoms with Crippen molar-refractivity contribution in [3.63, 3.8) is 0 Å². The predicted molar refractivity (Wildman–Crippen MR) is 259 cm³/mol. The first-order valence-electron chi connectivity index (χ1n) is 27.0. The molecule has 83 heavy (non-hydrogen) atoms. The minimum absolute atomic E-state index is 0.0512. The maximum atomic E-state index is 13.9. The molecule has 22 fully saturated rings. The highest BCUT2D eigenvalue weighted by molar-refractivity contribution is 5.84. The molecule has 0 saturated carbocycles. The van der Waals surface area contributed by atoms with E-state index in [1.165, 1.54) is 0 Å². The molecule has 36 nitrogen and oxygen atoms in total. The number of nitrogens with two attached hydrogens (primary N) is 1. The molecule has 22 aliphatic rings. The fraction of sp³-hybridized carbons (Fsp3) is 0.957. The van der Waals surface area contributed by atoms with Gasteiger partial charge in [-0.25, -0.2) is 10.3 Å². The number of amides is 2. The number of alkyl carbamates (subject to hydrolysis) is 1. The fourth-order valence-corrected chi connectivity index (χ4v) is 10.5. The average Bonchev–Trinajstić information content (AvgIpc) is 3.66. The van der Waals surface area contributed by atoms with Crippen LogP contribution in [0.5, 0.6) is 0 Å². The molecule has 0 aliphatic carbocycles. The molecule has 12 bridgehead atoms. The molecular formula is C47H81N3O33. The smallest absolute Gasteiger partial charge is 0.408 e. The largest absolute Gasteiger partial charge is 0.444 e. The van der Waals surface area contributed by atoms with Crippen molar-refractivity contribution in [3.8, 4) is 0 Å². The van der Waals surface area contributed by atoms with Gasteiger partial charge < -0.3 is 159 Å². The van der Waals surface area contributed by atoms with Crippen molar-refractivity contribution in [2.45, 2.75) is 236 Å². The van der Waals surface area contributed by atoms with Crippen LogP contribution in [0.4, 0.5) is 4.79 Å². The fourth-order valence-electron chi connectivity index (χ4n) is 10.5. The lowest BCUT2D eigenvalue weighted by Gasteiger charge is -2.51. The molecule has 22 heterocycles. The summed E-state index contributed by atoms with van der Waals surface area (Å²) in [7, 11) is 0. The number of aliphatic hydroxyl groups excluding tert-OH is 17. The second-order valence-electron chi connectivity index (χ2n) is 21.9. The van der Waals surface area contributed by atoms with Crippen LogP contribution in [0.3, 0.4) is 0 Å². The average molecular weight is 1220 g/mol. The first-order valence-corrected chi connectivity index (χ1v) is 27.0. The van der Waals surface area contributed by atoms with E-state index in [4.69, 9.17) is 72.2 Å². The summed E-state index contributed by atoms with van der Waals surface area (Å²) in [4.78, 5) is 32.6. The Morgan fingerprint density at radius 2 is 0.699 bits per heavy atom. The summed E-state index contributed by atoms with van der Waals surface area (Å²) in [5.74, 6) is -1.07. The SMILES string of the molecule is CC(C)(C)OC(=O)NC(CCCCN)C(=O)NO[C@@H]1[C@@H](O)[C@H]2O[C@H]3[C@H](O)[C@@H](O)[C@@H](O[C@H]4[C@H](O)[C@@H](O)[C@@H](O[C@H]5[C@H](O)[C@@H](O)[C@@H](O[C@H]6[C@H](O)[C@@H](O)[C@@H](O[C@H]7[C@H](O)[C@@H](O)[C@@H](O[C@H]1[C@@H](CO)O2)O[C@@H]7CO)O[C@@H]6CO)O[C@@H]5CO)O[C@@H]4CO)O[C@@H]3CO. The molecular weight excluding hydrogens is 1130 g/mol. The van der Waals surface area contributed by atoms with E-state index in [1.54, 1.807) is 20.8 Å². The topological polar surface area (TPSA) is 557 Å². The predicted octanol–water partition coefficient (Wildman–Crippen LogP) is -12.0. The van der Waals surface area contributed by atoms with Crippen LogP contribution in [0.15, 0.2) is 0 Å². The van der Waals surface area contributed by atoms with Crippen LogP contribution >= 0.6 is 0 Å². The van der Waals surface area contributed by atoms with Gasteiger partial charge in [-0.3, -0.25) is 9.63 Å². The number of hydrogen-bond acceptors (Lipinski definition) is 34. The second-order valence-corrected chi connectivity index (χ2v) is 21.9. The molecule has 31 atom stereocenters. The lowest BCUT2D eigenvalue weighted by molar-refractivity contribution is -0.405. The summed E-state index contributed by atoms with van der Waals surface area (Å²) < 4.78 is 74.9. The van der Waals surface area contributed by atoms with Crippen LogP contribution in [-0.4, -0.2) is 341 Å². The normalized spacial score (nSPS) is 46.9. The third-order valence-corrected chi connectivity index (χ3v) is 14.9. The van der Waals surface area contributed by atoms with E-state index in [2.05, 4.69) is 10.8 Å². The number of ether oxygens (including phenoxy) is 13. The van der Waals surface area contributed by atoms with E-state index in [9.17, 15) is 96.4 Å². The number of aliphatic hydroxyl groups is 17. The van der Waals surface area contributed by atoms with Gasteiger partial charge >= 0.3 is 6.09 Å². The zero-order chi connectivity index (χ0) is 60.9. The zero-order valence-corrected chi connectivity index (χ0v) is 45.2. The summed E-state index contributed by atoms with van der Waals surface area (Å²) in [5.41, 5.74) is 6.75. The van der Waals surface area contributed by atoms with E-state index in [-0.39, 0.29) is 19.4 Å². The molecule has 22 aliphatic heterocycles. The third kappa shape index (κ3) is 15.3. The quantitative estimate of drug-likeness (QED) is 0.0567. The van der Waals surface area contributed by atoms with Crippen LogP contribution in [0.1, 0.15) is 40.0 Å². The molecule has 482 valence electrons. The first kappa shape index (κ1) is 68.0. The van der Waals surface area contributed by atoms with Crippen LogP contribution in [0.2, 0.25) is 0 Å². The van der Waals surface area contributed by atoms with Crippen LogP contribution in [-0.2, 0) is 71.2 Å². The number of carbonyl (C=O) groups is 2. The Labute approximate surface area is 472 Å². The Morgan fingerprint density at radius 1 is 0.422 bits per heavy atom. The van der Waals surface area contributed by atoms with E-state index in [0.717, 1.165) is 0 Å². The summed E-state index contributed by atoms with van der Waals surface area (Å²) in [5, 5.41) is 192. The zero-order valence-electron chi connectivity index (χ0n) is 45.2. The number of unbranched alkanes of at least 4 members (excludes halogenated alkanes) is 1. The minimum Gasteiger partial charge on any atom is -0.444 e. The van der Waals surface area contributed by atoms with Crippen LogP contribution in [0, 0.1) is 0 Å². The Kier molecular flexibility index (Phi) is 24.3. The van der Waals surface area contributed by atoms with Crippen molar-refractivity contribution in [2.75, 3.05) is 46.2 Å². The van der Waals surface area contributed by atoms with Crippen LogP contribution < -0.4 is 16.5 Å². The molecule has 0 aromatic carbocycles. The van der Waals surface area contributed by atoms with Crippen molar-refractivity contribution < 1.29 is 163 Å². The molecule has 0 aromatic heterocycles. The van der Waals surface area contributed by atoms with E-state index in [0.29, 0.717) is 6.42 Å². The number of hydroxylamine groups is 1. The molecule has 22 rings (SSSR count). The van der Waals surface area contributed by atoms with Crippen molar-refractivity contribution in [2.24, 2.45) is 5.73 Å². The van der Waals surface area contributed by atoms with Crippen molar-refractivity contribution in [3.05, 3.63) is 0 Å². The summed E-state index contributed by atoms with van der Waals surface area (Å²) in [6, 6.07) is -1.41. The van der Waals surface area contributed by atoms with Crippen molar-refractivity contribution >= 4 is 12.0 Å². The Morgan fingerprint density at radius 3 is 0.976 bits per heavy atom. The minimum atomic E-state index is -2.29. The van der Waals surface area contributed by atoms with Gasteiger partial charge in [-0.15, -0.1) is 0 Å². The van der Waals surface area contributed by atoms with Gasteiger partial charge in [0.15, 0.2) is 37.7 Å². The van der Waals surface area contributed by atoms with Crippen molar-refractivity contribution in [1.82, 2.24) is 10.8 Å². The molecule has 21 N–H and O–H groups in total. The molecule has 1 unspecified atom stereocenters. The third-order valence-electron chi connectivity index (χ3n) is 14.9. The highest BCUT2D eigenvalue weighted by atomic mass is 16.8. The molecule has 0 aromatic rings. The van der Waals surface area contributed by atoms with Gasteiger partial charge in [0.1, 0.15) is 158 Å². The number of rotatable bonds is 14. The molecule has 36 heteroatoms. The van der Waals surface area contributed by atoms with Gasteiger partial charge in [0.05, 0.1) is 39.6 Å². The van der Waals surface area contributed by atoms with Crippen LogP contribution in [0.25, 0.3) is 0 Å². The summed E-state index contributed by atoms with van der Waals surface area (Å²) in [6.07, 6.45) is -61.4. The highest BCUT2D eigenvalue weighted by Crippen LogP contribution is 2.38.